The number of hydrogen-bond acceptors (Lipinski definition) is 8. The zero-order chi connectivity index (χ0) is 22.7. The molecule has 0 spiro atoms. The second kappa shape index (κ2) is 13.3. The number of aliphatic carboxylic acids is 1. The number of carboxylic acids is 1. The highest BCUT2D eigenvalue weighted by molar-refractivity contribution is 7.80. The quantitative estimate of drug-likeness (QED) is 0.143. The molecular weight excluding hydrogens is 422 g/mol. The van der Waals surface area contributed by atoms with Crippen LogP contribution >= 0.6 is 25.3 Å². The van der Waals surface area contributed by atoms with Gasteiger partial charge in [-0.15, -0.1) is 0 Å². The molecule has 0 aromatic carbocycles. The Hall–Kier alpha value is -1.99. The smallest absolute Gasteiger partial charge is 0.327 e. The first-order valence-corrected chi connectivity index (χ1v) is 10.1. The Morgan fingerprint density at radius 2 is 1.41 bits per heavy atom. The zero-order valence-corrected chi connectivity index (χ0v) is 18.0. The monoisotopic (exact) mass is 451 g/mol. The van der Waals surface area contributed by atoms with Crippen molar-refractivity contribution >= 4 is 54.9 Å². The lowest BCUT2D eigenvalue weighted by molar-refractivity contribution is -0.142. The molecule has 166 valence electrons. The van der Waals surface area contributed by atoms with Crippen LogP contribution in [0.3, 0.4) is 0 Å². The number of rotatable bonds is 13. The predicted molar refractivity (Wildman–Crippen MR) is 112 cm³/mol. The van der Waals surface area contributed by atoms with Crippen molar-refractivity contribution in [1.82, 2.24) is 16.0 Å². The van der Waals surface area contributed by atoms with Gasteiger partial charge < -0.3 is 32.5 Å². The Labute approximate surface area is 179 Å². The minimum atomic E-state index is -1.26. The number of primary amides is 1. The molecule has 4 amide bonds. The molecule has 0 aromatic rings. The summed E-state index contributed by atoms with van der Waals surface area (Å²) in [6, 6.07) is -4.41. The highest BCUT2D eigenvalue weighted by Gasteiger charge is 2.31. The van der Waals surface area contributed by atoms with Crippen LogP contribution in [0.1, 0.15) is 26.7 Å². The second-order valence-corrected chi connectivity index (χ2v) is 7.40. The zero-order valence-electron chi connectivity index (χ0n) is 16.3. The van der Waals surface area contributed by atoms with Gasteiger partial charge in [0.05, 0.1) is 6.04 Å². The van der Waals surface area contributed by atoms with E-state index in [0.717, 1.165) is 0 Å². The summed E-state index contributed by atoms with van der Waals surface area (Å²) in [5, 5.41) is 16.2. The van der Waals surface area contributed by atoms with E-state index in [2.05, 4.69) is 41.2 Å². The van der Waals surface area contributed by atoms with Crippen molar-refractivity contribution in [3.63, 3.8) is 0 Å². The van der Waals surface area contributed by atoms with Crippen molar-refractivity contribution in [1.29, 1.82) is 0 Å². The SMILES string of the molecule is CC(C)C(NC(=O)C(CS)NC(=O)C(N)CCC(N)=O)C(=O)NC(CS)C(=O)O. The molecule has 4 unspecified atom stereocenters. The Balaban J connectivity index is 5.04. The van der Waals surface area contributed by atoms with Crippen LogP contribution in [0.25, 0.3) is 0 Å². The molecule has 29 heavy (non-hydrogen) atoms. The standard InChI is InChI=1S/C16H29N5O6S2/c1-7(2)12(15(25)20-10(6-29)16(26)27)21-14(24)9(5-28)19-13(23)8(17)3-4-11(18)22/h7-10,12,28-29H,3-6,17H2,1-2H3,(H2,18,22)(H,19,23)(H,20,25)(H,21,24)(H,26,27). The first-order valence-electron chi connectivity index (χ1n) is 8.84. The molecule has 0 aromatic heterocycles. The van der Waals surface area contributed by atoms with Gasteiger partial charge in [0.1, 0.15) is 18.1 Å². The van der Waals surface area contributed by atoms with Gasteiger partial charge in [-0.1, -0.05) is 13.8 Å². The molecule has 11 nitrogen and oxygen atoms in total. The lowest BCUT2D eigenvalue weighted by Crippen LogP contribution is -2.59. The van der Waals surface area contributed by atoms with E-state index in [1.807, 2.05) is 0 Å². The highest BCUT2D eigenvalue weighted by Crippen LogP contribution is 2.05. The molecule has 0 saturated heterocycles. The van der Waals surface area contributed by atoms with E-state index in [9.17, 15) is 24.0 Å². The molecule has 0 bridgehead atoms. The molecule has 0 radical (unpaired) electrons. The number of nitrogens with two attached hydrogens (primary N) is 2. The van der Waals surface area contributed by atoms with E-state index in [4.69, 9.17) is 16.6 Å². The van der Waals surface area contributed by atoms with Gasteiger partial charge in [0.25, 0.3) is 0 Å². The fraction of sp³-hybridized carbons (Fsp3) is 0.688. The lowest BCUT2D eigenvalue weighted by Gasteiger charge is -2.26. The van der Waals surface area contributed by atoms with Gasteiger partial charge in [-0.05, 0) is 12.3 Å². The fourth-order valence-corrected chi connectivity index (χ4v) is 2.64. The molecule has 0 heterocycles. The van der Waals surface area contributed by atoms with E-state index < -0.39 is 53.8 Å². The third-order valence-corrected chi connectivity index (χ3v) is 4.63. The number of amides is 4. The summed E-state index contributed by atoms with van der Waals surface area (Å²) in [5.74, 6) is -4.51. The Kier molecular flexibility index (Phi) is 12.4. The minimum absolute atomic E-state index is 0.0133. The maximum Gasteiger partial charge on any atom is 0.327 e. The third kappa shape index (κ3) is 9.85. The van der Waals surface area contributed by atoms with Crippen LogP contribution in [0.5, 0.6) is 0 Å². The number of hydrogen-bond donors (Lipinski definition) is 8. The molecule has 0 rings (SSSR count). The summed E-state index contributed by atoms with van der Waals surface area (Å²) in [6.07, 6.45) is -0.0722. The fourth-order valence-electron chi connectivity index (χ4n) is 2.14. The first-order chi connectivity index (χ1) is 13.4. The van der Waals surface area contributed by atoms with Crippen molar-refractivity contribution in [2.75, 3.05) is 11.5 Å². The Morgan fingerprint density at radius 3 is 1.83 bits per heavy atom. The van der Waals surface area contributed by atoms with Crippen molar-refractivity contribution < 1.29 is 29.1 Å². The van der Waals surface area contributed by atoms with Crippen LogP contribution in [-0.4, -0.2) is 70.4 Å². The average Bonchev–Trinajstić information content (AvgIpc) is 2.64. The maximum atomic E-state index is 12.5. The molecule has 0 aliphatic carbocycles. The van der Waals surface area contributed by atoms with Crippen molar-refractivity contribution in [2.45, 2.75) is 50.9 Å². The van der Waals surface area contributed by atoms with Crippen molar-refractivity contribution in [3.8, 4) is 0 Å². The third-order valence-electron chi connectivity index (χ3n) is 3.90. The van der Waals surface area contributed by atoms with Gasteiger partial charge in [-0.3, -0.25) is 19.2 Å². The molecule has 8 N–H and O–H groups in total. The van der Waals surface area contributed by atoms with Crippen LogP contribution < -0.4 is 27.4 Å². The van der Waals surface area contributed by atoms with Crippen molar-refractivity contribution in [2.24, 2.45) is 17.4 Å². The Morgan fingerprint density at radius 1 is 0.897 bits per heavy atom. The molecule has 0 saturated carbocycles. The van der Waals surface area contributed by atoms with Crippen LogP contribution in [0.2, 0.25) is 0 Å². The minimum Gasteiger partial charge on any atom is -0.480 e. The van der Waals surface area contributed by atoms with Crippen LogP contribution in [0.15, 0.2) is 0 Å². The van der Waals surface area contributed by atoms with E-state index in [1.54, 1.807) is 13.8 Å². The molecule has 4 atom stereocenters. The van der Waals surface area contributed by atoms with Crippen LogP contribution in [0, 0.1) is 5.92 Å². The van der Waals surface area contributed by atoms with E-state index >= 15 is 0 Å². The molecule has 13 heteroatoms. The van der Waals surface area contributed by atoms with Gasteiger partial charge >= 0.3 is 5.97 Å². The topological polar surface area (TPSA) is 194 Å². The summed E-state index contributed by atoms with van der Waals surface area (Å²) < 4.78 is 0. The maximum absolute atomic E-state index is 12.5. The van der Waals surface area contributed by atoms with Crippen LogP contribution in [-0.2, 0) is 24.0 Å². The highest BCUT2D eigenvalue weighted by atomic mass is 32.1. The van der Waals surface area contributed by atoms with Gasteiger partial charge in [0, 0.05) is 17.9 Å². The number of nitrogens with one attached hydrogen (secondary N) is 3. The summed E-state index contributed by atoms with van der Waals surface area (Å²) in [6.45, 7) is 3.32. The predicted octanol–water partition coefficient (Wildman–Crippen LogP) is -2.37. The summed E-state index contributed by atoms with van der Waals surface area (Å²) in [7, 11) is 0. The largest absolute Gasteiger partial charge is 0.480 e. The molecule has 0 fully saturated rings. The first kappa shape index (κ1) is 27.0. The number of carbonyl (C=O) groups is 5. The normalized spacial score (nSPS) is 15.0. The second-order valence-electron chi connectivity index (χ2n) is 6.67. The van der Waals surface area contributed by atoms with E-state index in [-0.39, 0.29) is 30.3 Å². The molecule has 0 aliphatic rings. The summed E-state index contributed by atoms with van der Waals surface area (Å²) in [5.41, 5.74) is 10.7. The van der Waals surface area contributed by atoms with Crippen molar-refractivity contribution in [3.05, 3.63) is 0 Å². The number of thiol groups is 2. The molecular formula is C16H29N5O6S2. The van der Waals surface area contributed by atoms with Gasteiger partial charge in [0.2, 0.25) is 23.6 Å². The van der Waals surface area contributed by atoms with Crippen LogP contribution in [0.4, 0.5) is 0 Å². The molecule has 0 aliphatic heterocycles. The van der Waals surface area contributed by atoms with E-state index in [1.165, 1.54) is 0 Å². The number of carbonyl (C=O) groups excluding carboxylic acids is 4. The van der Waals surface area contributed by atoms with Gasteiger partial charge in [0.15, 0.2) is 0 Å². The summed E-state index contributed by atoms with van der Waals surface area (Å²) in [4.78, 5) is 58.8. The lowest BCUT2D eigenvalue weighted by atomic mass is 10.0. The number of carboxylic acid groups (broad SMARTS) is 1. The van der Waals surface area contributed by atoms with Gasteiger partial charge in [-0.25, -0.2) is 4.79 Å². The Bertz CT molecular complexity index is 619. The van der Waals surface area contributed by atoms with E-state index in [0.29, 0.717) is 0 Å². The van der Waals surface area contributed by atoms with Gasteiger partial charge in [-0.2, -0.15) is 25.3 Å². The average molecular weight is 452 g/mol. The summed E-state index contributed by atoms with van der Waals surface area (Å²) >= 11 is 7.90.